The Labute approximate surface area is 649 Å². The number of nitrogens with two attached hydrogens (primary N) is 3. The summed E-state index contributed by atoms with van der Waals surface area (Å²) >= 11 is 0. The average molecular weight is 1540 g/mol. The van der Waals surface area contributed by atoms with Gasteiger partial charge in [0.15, 0.2) is 35.1 Å². The molecule has 10 amide bonds. The average Bonchev–Trinajstić information content (AvgIpc) is 1.73. The molecule has 0 aliphatic carbocycles. The summed E-state index contributed by atoms with van der Waals surface area (Å²) in [5.74, 6) is -14.0. The second kappa shape index (κ2) is 53.7. The Balaban J connectivity index is 3.27. The summed E-state index contributed by atoms with van der Waals surface area (Å²) in [5.41, 5.74) is 16.5. The van der Waals surface area contributed by atoms with Crippen LogP contribution in [0.1, 0.15) is 284 Å². The minimum atomic E-state index is -1.39. The zero-order valence-electron chi connectivity index (χ0n) is 68.6. The van der Waals surface area contributed by atoms with Gasteiger partial charge in [-0.15, -0.1) is 0 Å². The van der Waals surface area contributed by atoms with Gasteiger partial charge in [-0.3, -0.25) is 77.9 Å². The van der Waals surface area contributed by atoms with Gasteiger partial charge in [-0.05, 0) is 108 Å². The van der Waals surface area contributed by atoms with Gasteiger partial charge in [-0.25, -0.2) is 0 Å². The molecule has 1 heterocycles. The van der Waals surface area contributed by atoms with E-state index in [2.05, 4.69) is 60.1 Å². The van der Waals surface area contributed by atoms with Crippen molar-refractivity contribution in [2.45, 2.75) is 338 Å². The van der Waals surface area contributed by atoms with Gasteiger partial charge in [0, 0.05) is 70.0 Å². The molecule has 1 aliphatic heterocycles. The smallest absolute Gasteiger partial charge is 0.245 e. The van der Waals surface area contributed by atoms with E-state index in [1.165, 1.54) is 83.5 Å². The summed E-state index contributed by atoms with van der Waals surface area (Å²) in [6.45, 7) is 26.6. The number of likely N-dealkylation sites (tertiary alicyclic amines) is 1. The summed E-state index contributed by atoms with van der Waals surface area (Å²) in [6.07, 6.45) is 16.1. The number of Topliss-reactive ketones (excluding diaryl/α,β-unsaturated/α-hetero) is 4. The quantitative estimate of drug-likeness (QED) is 0.0190. The molecule has 30 heteroatoms. The predicted octanol–water partition coefficient (Wildman–Crippen LogP) is 5.95. The van der Waals surface area contributed by atoms with Crippen LogP contribution in [0, 0.1) is 58.2 Å². The number of ketones is 4. The van der Waals surface area contributed by atoms with E-state index in [0.29, 0.717) is 38.5 Å². The SMILES string of the molecule is CCCCCCCCCCCCCCCC(=O)N[C@@H](CC(C)C)C(=O)N[C@@H](C)C(=O)N[C@H](C(=O)N[C@H](C(=O)N[C@@H](CCCNC(=N)N)C(=O)N1CCC[C@H]1C(=O)C[C@H](C(=O)N[C@@H](C)C(=O)C[C@@H](CC(N)=O)C(=O)N[C@@H](C)C(=O)C[C@@H](CCCNC(=N)N)C(=O)N[C@@H](CC(C)C)C(=O)CC)C(C)C)C(C)C)[C@@H](C)CC. The number of rotatable bonds is 59. The maximum absolute atomic E-state index is 14.9. The minimum Gasteiger partial charge on any atom is -0.370 e. The molecule has 1 rings (SSSR count). The Kier molecular flexibility index (Phi) is 48.7. The van der Waals surface area contributed by atoms with E-state index >= 15 is 0 Å². The molecule has 0 aromatic heterocycles. The summed E-state index contributed by atoms with van der Waals surface area (Å²) in [5, 5.41) is 42.5. The van der Waals surface area contributed by atoms with Crippen molar-refractivity contribution in [1.29, 1.82) is 10.8 Å². The second-order valence-corrected chi connectivity index (χ2v) is 31.7. The van der Waals surface area contributed by atoms with E-state index in [4.69, 9.17) is 28.0 Å². The Morgan fingerprint density at radius 2 is 0.899 bits per heavy atom. The molecule has 1 saturated heterocycles. The van der Waals surface area contributed by atoms with Crippen LogP contribution in [0.3, 0.4) is 0 Å². The van der Waals surface area contributed by atoms with Gasteiger partial charge in [0.05, 0.1) is 30.1 Å². The summed E-state index contributed by atoms with van der Waals surface area (Å²) in [4.78, 5) is 195. The molecule has 0 aromatic carbocycles. The number of amides is 10. The number of carbonyl (C=O) groups excluding carboxylic acids is 14. The van der Waals surface area contributed by atoms with Gasteiger partial charge in [-0.2, -0.15) is 0 Å². The van der Waals surface area contributed by atoms with Crippen molar-refractivity contribution in [1.82, 2.24) is 58.1 Å². The molecule has 0 saturated carbocycles. The molecule has 0 aromatic rings. The van der Waals surface area contributed by atoms with E-state index in [-0.39, 0.29) is 106 Å². The third-order valence-corrected chi connectivity index (χ3v) is 20.3. The van der Waals surface area contributed by atoms with E-state index in [0.717, 1.165) is 19.3 Å². The number of guanidine groups is 2. The minimum absolute atomic E-state index is 0.00780. The van der Waals surface area contributed by atoms with Crippen LogP contribution < -0.4 is 70.4 Å². The first kappa shape index (κ1) is 98.9. The molecule has 30 nitrogen and oxygen atoms in total. The Morgan fingerprint density at radius 3 is 1.39 bits per heavy atom. The fourth-order valence-corrected chi connectivity index (χ4v) is 13.3. The van der Waals surface area contributed by atoms with E-state index < -0.39 is 173 Å². The number of carbonyl (C=O) groups is 14. The van der Waals surface area contributed by atoms with E-state index in [1.807, 2.05) is 34.6 Å². The van der Waals surface area contributed by atoms with Crippen LogP contribution in [-0.4, -0.2) is 173 Å². The van der Waals surface area contributed by atoms with Crippen molar-refractivity contribution >= 4 is 94.1 Å². The first-order valence-electron chi connectivity index (χ1n) is 40.6. The standard InChI is InChI=1S/C79H142N16O14/c1-16-19-20-21-22-23-24-25-26-27-28-29-30-37-67(101)90-60(42-48(6)7)74(106)89-54(15)70(102)94-69(51(12)17-2)76(108)93-68(50(10)11)75(107)91-58(35-32-39-86-79(83)84)77(109)95-40-33-36-61(95)65(99)46-57(49(8)9)73(105)88-53(14)64(98)44-56(45-66(80)100)72(104)87-52(13)63(97)43-55(34-31-38-85-78(81)82)71(103)92-59(41-47(4)5)62(96)18-3/h47-61,68-69H,16-46H2,1-15H3,(H2,80,100)(H,87,104)(H,88,105)(H,89,106)(H,90,101)(H,91,107)(H,92,103)(H,93,108)(H,94,102)(H4,81,82,85)(H4,83,84,86)/t51-,52-,53-,54-,55+,56-,57-,58-,59-,60-,61-,68-,69-/m0/s1. The van der Waals surface area contributed by atoms with Gasteiger partial charge in [0.1, 0.15) is 30.2 Å². The molecule has 0 unspecified atom stereocenters. The van der Waals surface area contributed by atoms with Gasteiger partial charge in [-0.1, -0.05) is 167 Å². The third-order valence-electron chi connectivity index (χ3n) is 20.3. The predicted molar refractivity (Wildman–Crippen MR) is 422 cm³/mol. The number of primary amides is 1. The fraction of sp³-hybridized carbons (Fsp3) is 0.797. The Bertz CT molecular complexity index is 2950. The first-order chi connectivity index (χ1) is 51.3. The van der Waals surface area contributed by atoms with Crippen molar-refractivity contribution in [3.05, 3.63) is 0 Å². The highest BCUT2D eigenvalue weighted by Crippen LogP contribution is 2.27. The molecule has 1 aliphatic rings. The number of nitrogens with zero attached hydrogens (tertiary/aromatic N) is 1. The zero-order valence-corrected chi connectivity index (χ0v) is 68.6. The molecule has 622 valence electrons. The highest BCUT2D eigenvalue weighted by atomic mass is 16.2. The molecule has 0 bridgehead atoms. The van der Waals surface area contributed by atoms with Crippen LogP contribution >= 0.6 is 0 Å². The van der Waals surface area contributed by atoms with Crippen molar-refractivity contribution < 1.29 is 67.1 Å². The van der Waals surface area contributed by atoms with Crippen LogP contribution in [-0.2, 0) is 67.1 Å². The summed E-state index contributed by atoms with van der Waals surface area (Å²) < 4.78 is 0. The first-order valence-corrected chi connectivity index (χ1v) is 40.6. The lowest BCUT2D eigenvalue weighted by Crippen LogP contribution is -2.61. The lowest BCUT2D eigenvalue weighted by molar-refractivity contribution is -0.142. The maximum Gasteiger partial charge on any atom is 0.245 e. The van der Waals surface area contributed by atoms with Crippen molar-refractivity contribution in [2.24, 2.45) is 64.5 Å². The summed E-state index contributed by atoms with van der Waals surface area (Å²) in [6, 6.07) is -10.1. The topological polar surface area (TPSA) is 488 Å². The van der Waals surface area contributed by atoms with Gasteiger partial charge in [0.2, 0.25) is 59.1 Å². The van der Waals surface area contributed by atoms with E-state index in [1.54, 1.807) is 41.5 Å². The molecule has 0 spiro atoms. The van der Waals surface area contributed by atoms with Gasteiger partial charge >= 0.3 is 0 Å². The third kappa shape index (κ3) is 39.9. The highest BCUT2D eigenvalue weighted by Gasteiger charge is 2.42. The highest BCUT2D eigenvalue weighted by molar-refractivity contribution is 6.00. The Morgan fingerprint density at radius 1 is 0.431 bits per heavy atom. The molecule has 1 fully saturated rings. The molecule has 18 N–H and O–H groups in total. The molecule has 109 heavy (non-hydrogen) atoms. The van der Waals surface area contributed by atoms with Gasteiger partial charge in [0.25, 0.3) is 0 Å². The van der Waals surface area contributed by atoms with Crippen LogP contribution in [0.5, 0.6) is 0 Å². The van der Waals surface area contributed by atoms with Gasteiger partial charge < -0.3 is 75.3 Å². The van der Waals surface area contributed by atoms with E-state index in [9.17, 15) is 67.1 Å². The largest absolute Gasteiger partial charge is 0.370 e. The Hall–Kier alpha value is -8.08. The van der Waals surface area contributed by atoms with Crippen LogP contribution in [0.4, 0.5) is 0 Å². The lowest BCUT2D eigenvalue weighted by atomic mass is 9.87. The normalized spacial score (nSPS) is 16.1. The molecule has 0 radical (unpaired) electrons. The lowest BCUT2D eigenvalue weighted by Gasteiger charge is -2.32. The zero-order chi connectivity index (χ0) is 82.6. The monoisotopic (exact) mass is 1540 g/mol. The number of unbranched alkanes of at least 4 members (excludes halogenated alkanes) is 12. The second-order valence-electron chi connectivity index (χ2n) is 31.7. The van der Waals surface area contributed by atoms with Crippen LogP contribution in [0.25, 0.3) is 0 Å². The molecular weight excluding hydrogens is 1400 g/mol. The number of hydrogen-bond donors (Lipinski definition) is 15. The van der Waals surface area contributed by atoms with Crippen molar-refractivity contribution in [2.75, 3.05) is 19.6 Å². The van der Waals surface area contributed by atoms with Crippen LogP contribution in [0.2, 0.25) is 0 Å². The number of nitrogens with one attached hydrogen (secondary N) is 12. The van der Waals surface area contributed by atoms with Crippen LogP contribution in [0.15, 0.2) is 0 Å². The van der Waals surface area contributed by atoms with Crippen molar-refractivity contribution in [3.8, 4) is 0 Å². The molecular formula is C79H142N16O14. The number of hydrogen-bond acceptors (Lipinski definition) is 16. The fourth-order valence-electron chi connectivity index (χ4n) is 13.3. The maximum atomic E-state index is 14.9. The summed E-state index contributed by atoms with van der Waals surface area (Å²) in [7, 11) is 0. The molecule has 13 atom stereocenters. The van der Waals surface area contributed by atoms with Crippen molar-refractivity contribution in [3.63, 3.8) is 0 Å².